The van der Waals surface area contributed by atoms with Gasteiger partial charge in [-0.2, -0.15) is 0 Å². The van der Waals surface area contributed by atoms with Crippen LogP contribution < -0.4 is 10.3 Å². The Bertz CT molecular complexity index is 798. The van der Waals surface area contributed by atoms with Gasteiger partial charge in [0.1, 0.15) is 16.7 Å². The summed E-state index contributed by atoms with van der Waals surface area (Å²) in [6.07, 6.45) is 0.636. The minimum absolute atomic E-state index is 0.0521. The molecule has 1 fully saturated rings. The molecule has 1 aliphatic heterocycles. The number of rotatable bonds is 3. The summed E-state index contributed by atoms with van der Waals surface area (Å²) < 4.78 is 11.3. The summed E-state index contributed by atoms with van der Waals surface area (Å²) >= 11 is 1.12. The van der Waals surface area contributed by atoms with Crippen LogP contribution in [0, 0.1) is 13.8 Å². The fourth-order valence-corrected chi connectivity index (χ4v) is 3.20. The van der Waals surface area contributed by atoms with E-state index in [4.69, 9.17) is 4.74 Å². The molecule has 3 heterocycles. The van der Waals surface area contributed by atoms with Crippen LogP contribution in [0.2, 0.25) is 0 Å². The second kappa shape index (κ2) is 6.11. The van der Waals surface area contributed by atoms with Crippen molar-refractivity contribution in [3.05, 3.63) is 38.8 Å². The normalized spacial score (nSPS) is 17.5. The lowest BCUT2D eigenvalue weighted by molar-refractivity contribution is 0.0776. The number of aryl methyl sites for hydroxylation is 2. The van der Waals surface area contributed by atoms with Gasteiger partial charge in [0.2, 0.25) is 0 Å². The number of likely N-dealkylation sites (tertiary alicyclic amines) is 1. The third-order valence-electron chi connectivity index (χ3n) is 4.06. The highest BCUT2D eigenvalue weighted by Gasteiger charge is 2.30. The van der Waals surface area contributed by atoms with Gasteiger partial charge in [-0.15, -0.1) is 5.10 Å². The highest BCUT2D eigenvalue weighted by atomic mass is 32.1. The number of carbonyl (C=O) groups is 1. The molecule has 0 bridgehead atoms. The monoisotopic (exact) mass is 334 g/mol. The summed E-state index contributed by atoms with van der Waals surface area (Å²) in [7, 11) is 1.73. The van der Waals surface area contributed by atoms with Crippen LogP contribution in [0.5, 0.6) is 5.75 Å². The Hall–Kier alpha value is -2.22. The minimum Gasteiger partial charge on any atom is -0.488 e. The quantitative estimate of drug-likeness (QED) is 0.841. The van der Waals surface area contributed by atoms with Crippen LogP contribution in [0.1, 0.15) is 27.5 Å². The molecule has 7 nitrogen and oxygen atoms in total. The van der Waals surface area contributed by atoms with Crippen LogP contribution in [0.15, 0.2) is 16.9 Å². The van der Waals surface area contributed by atoms with Crippen molar-refractivity contribution in [3.63, 3.8) is 0 Å². The second-order valence-corrected chi connectivity index (χ2v) is 6.45. The lowest BCUT2D eigenvalue weighted by Crippen LogP contribution is -2.31. The van der Waals surface area contributed by atoms with E-state index in [0.717, 1.165) is 23.6 Å². The Kier molecular flexibility index (Phi) is 4.16. The summed E-state index contributed by atoms with van der Waals surface area (Å²) in [4.78, 5) is 26.6. The first-order chi connectivity index (χ1) is 11.0. The molecule has 2 aromatic heterocycles. The third-order valence-corrected chi connectivity index (χ3v) is 4.87. The van der Waals surface area contributed by atoms with Crippen LogP contribution >= 0.6 is 11.5 Å². The largest absolute Gasteiger partial charge is 0.488 e. The predicted molar refractivity (Wildman–Crippen MR) is 86.0 cm³/mol. The number of pyridine rings is 1. The van der Waals surface area contributed by atoms with E-state index in [1.807, 2.05) is 13.0 Å². The van der Waals surface area contributed by atoms with Gasteiger partial charge in [-0.1, -0.05) is 4.49 Å². The molecule has 0 unspecified atom stereocenters. The van der Waals surface area contributed by atoms with Crippen LogP contribution in [-0.4, -0.2) is 44.2 Å². The average molecular weight is 334 g/mol. The van der Waals surface area contributed by atoms with E-state index in [0.29, 0.717) is 29.4 Å². The predicted octanol–water partition coefficient (Wildman–Crippen LogP) is 1.15. The van der Waals surface area contributed by atoms with Crippen LogP contribution in [0.25, 0.3) is 0 Å². The molecule has 0 N–H and O–H groups in total. The fourth-order valence-electron chi connectivity index (χ4n) is 2.58. The Balaban J connectivity index is 1.68. The van der Waals surface area contributed by atoms with Crippen molar-refractivity contribution in [3.8, 4) is 5.75 Å². The van der Waals surface area contributed by atoms with Crippen LogP contribution in [0.4, 0.5) is 0 Å². The van der Waals surface area contributed by atoms with Gasteiger partial charge in [-0.3, -0.25) is 9.59 Å². The maximum atomic E-state index is 12.4. The summed E-state index contributed by atoms with van der Waals surface area (Å²) in [6.45, 7) is 4.77. The van der Waals surface area contributed by atoms with Crippen molar-refractivity contribution in [1.29, 1.82) is 0 Å². The van der Waals surface area contributed by atoms with Gasteiger partial charge in [0.05, 0.1) is 12.2 Å². The van der Waals surface area contributed by atoms with Crippen molar-refractivity contribution < 1.29 is 9.53 Å². The number of hydrogen-bond donors (Lipinski definition) is 0. The SMILES string of the molecule is Cc1nnsc1C(=O)N1CC[C@H](Oc2cc(C)n(C)c(=O)c2)C1. The van der Waals surface area contributed by atoms with Gasteiger partial charge in [-0.25, -0.2) is 0 Å². The van der Waals surface area contributed by atoms with E-state index in [1.54, 1.807) is 23.4 Å². The van der Waals surface area contributed by atoms with Gasteiger partial charge >= 0.3 is 0 Å². The van der Waals surface area contributed by atoms with Crippen molar-refractivity contribution in [2.75, 3.05) is 13.1 Å². The van der Waals surface area contributed by atoms with Gasteiger partial charge < -0.3 is 14.2 Å². The maximum Gasteiger partial charge on any atom is 0.267 e. The molecule has 0 saturated carbocycles. The van der Waals surface area contributed by atoms with Crippen molar-refractivity contribution >= 4 is 17.4 Å². The van der Waals surface area contributed by atoms with E-state index < -0.39 is 0 Å². The Morgan fingerprint density at radius 2 is 2.17 bits per heavy atom. The lowest BCUT2D eigenvalue weighted by Gasteiger charge is -2.17. The molecular formula is C15H18N4O3S. The zero-order valence-electron chi connectivity index (χ0n) is 13.3. The molecule has 1 amide bonds. The molecule has 122 valence electrons. The lowest BCUT2D eigenvalue weighted by atomic mass is 10.3. The molecule has 8 heteroatoms. The van der Waals surface area contributed by atoms with E-state index in [9.17, 15) is 9.59 Å². The number of nitrogens with zero attached hydrogens (tertiary/aromatic N) is 4. The molecule has 1 atom stereocenters. The molecule has 0 radical (unpaired) electrons. The number of hydrogen-bond acceptors (Lipinski definition) is 6. The molecule has 0 spiro atoms. The Labute approximate surface area is 137 Å². The maximum absolute atomic E-state index is 12.4. The molecular weight excluding hydrogens is 316 g/mol. The van der Waals surface area contributed by atoms with Crippen molar-refractivity contribution in [1.82, 2.24) is 19.1 Å². The molecule has 1 aliphatic rings. The highest BCUT2D eigenvalue weighted by Crippen LogP contribution is 2.21. The second-order valence-electron chi connectivity index (χ2n) is 5.70. The topological polar surface area (TPSA) is 77.3 Å². The van der Waals surface area contributed by atoms with E-state index in [2.05, 4.69) is 9.59 Å². The molecule has 3 rings (SSSR count). The fraction of sp³-hybridized carbons (Fsp3) is 0.467. The minimum atomic E-state index is -0.105. The van der Waals surface area contributed by atoms with Crippen molar-refractivity contribution in [2.45, 2.75) is 26.4 Å². The molecule has 0 aromatic carbocycles. The molecule has 23 heavy (non-hydrogen) atoms. The van der Waals surface area contributed by atoms with Gasteiger partial charge in [-0.05, 0) is 31.4 Å². The first-order valence-electron chi connectivity index (χ1n) is 7.38. The number of aromatic nitrogens is 3. The Morgan fingerprint density at radius 3 is 2.83 bits per heavy atom. The van der Waals surface area contributed by atoms with Gasteiger partial charge in [0.15, 0.2) is 0 Å². The van der Waals surface area contributed by atoms with Gasteiger partial charge in [0.25, 0.3) is 11.5 Å². The molecule has 2 aromatic rings. The van der Waals surface area contributed by atoms with Crippen LogP contribution in [-0.2, 0) is 7.05 Å². The standard InChI is InChI=1S/C15H18N4O3S/c1-9-6-12(7-13(20)18(9)3)22-11-4-5-19(8-11)15(21)14-10(2)16-17-23-14/h6-7,11H,4-5,8H2,1-3H3/t11-/m0/s1. The van der Waals surface area contributed by atoms with Crippen LogP contribution in [0.3, 0.4) is 0 Å². The average Bonchev–Trinajstić information content (AvgIpc) is 3.13. The third kappa shape index (κ3) is 3.12. The summed E-state index contributed by atoms with van der Waals surface area (Å²) in [5, 5.41) is 3.88. The summed E-state index contributed by atoms with van der Waals surface area (Å²) in [5.74, 6) is 0.504. The first kappa shape index (κ1) is 15.7. The Morgan fingerprint density at radius 1 is 1.39 bits per heavy atom. The number of carbonyl (C=O) groups excluding carboxylic acids is 1. The van der Waals surface area contributed by atoms with E-state index in [-0.39, 0.29) is 17.6 Å². The highest BCUT2D eigenvalue weighted by molar-refractivity contribution is 7.07. The molecule has 0 aliphatic carbocycles. The number of ether oxygens (including phenoxy) is 1. The van der Waals surface area contributed by atoms with E-state index >= 15 is 0 Å². The number of amides is 1. The first-order valence-corrected chi connectivity index (χ1v) is 8.15. The molecule has 1 saturated heterocycles. The zero-order valence-corrected chi connectivity index (χ0v) is 14.1. The van der Waals surface area contributed by atoms with Crippen molar-refractivity contribution in [2.24, 2.45) is 7.05 Å². The zero-order chi connectivity index (χ0) is 16.6. The summed E-state index contributed by atoms with van der Waals surface area (Å²) in [6, 6.07) is 3.32. The van der Waals surface area contributed by atoms with E-state index in [1.165, 1.54) is 6.07 Å². The van der Waals surface area contributed by atoms with Gasteiger partial charge in [0, 0.05) is 31.8 Å². The summed E-state index contributed by atoms with van der Waals surface area (Å²) in [5.41, 5.74) is 1.40. The smallest absolute Gasteiger partial charge is 0.267 e.